The van der Waals surface area contributed by atoms with Crippen LogP contribution in [0.4, 0.5) is 5.88 Å². The van der Waals surface area contributed by atoms with E-state index in [1.165, 1.54) is 0 Å². The largest absolute Gasteiger partial charge is 0.436 e. The highest BCUT2D eigenvalue weighted by molar-refractivity contribution is 9.10. The van der Waals surface area contributed by atoms with E-state index in [4.69, 9.17) is 4.42 Å². The van der Waals surface area contributed by atoms with E-state index < -0.39 is 0 Å². The van der Waals surface area contributed by atoms with Crippen molar-refractivity contribution in [2.75, 3.05) is 0 Å². The van der Waals surface area contributed by atoms with Gasteiger partial charge in [0.15, 0.2) is 0 Å². The van der Waals surface area contributed by atoms with E-state index in [0.29, 0.717) is 17.2 Å². The molecular weight excluding hydrogens is 448 g/mol. The van der Waals surface area contributed by atoms with E-state index in [0.717, 1.165) is 43.4 Å². The number of furan rings is 1. The van der Waals surface area contributed by atoms with Crippen LogP contribution in [-0.4, -0.2) is 6.21 Å². The van der Waals surface area contributed by atoms with Crippen LogP contribution >= 0.6 is 15.9 Å². The fraction of sp³-hybridized carbons (Fsp3) is 0.111. The first kappa shape index (κ1) is 20.8. The van der Waals surface area contributed by atoms with Gasteiger partial charge in [0.2, 0.25) is 5.88 Å². The van der Waals surface area contributed by atoms with Crippen molar-refractivity contribution in [1.82, 2.24) is 0 Å². The van der Waals surface area contributed by atoms with E-state index >= 15 is 0 Å². The van der Waals surface area contributed by atoms with Gasteiger partial charge < -0.3 is 4.42 Å². The molecule has 0 aliphatic heterocycles. The van der Waals surface area contributed by atoms with Gasteiger partial charge >= 0.3 is 0 Å². The molecule has 3 aromatic carbocycles. The molecule has 0 fully saturated rings. The van der Waals surface area contributed by atoms with Crippen LogP contribution in [0, 0.1) is 32.1 Å². The number of rotatable bonds is 4. The third-order valence-corrected chi connectivity index (χ3v) is 6.04. The summed E-state index contributed by atoms with van der Waals surface area (Å²) in [5.74, 6) is 0.961. The third kappa shape index (κ3) is 4.38. The lowest BCUT2D eigenvalue weighted by molar-refractivity contribution is 0.593. The Balaban J connectivity index is 1.88. The Kier molecular flexibility index (Phi) is 5.88. The van der Waals surface area contributed by atoms with E-state index in [1.807, 2.05) is 87.5 Å². The van der Waals surface area contributed by atoms with E-state index in [-0.39, 0.29) is 0 Å². The van der Waals surface area contributed by atoms with Crippen LogP contribution in [0.25, 0.3) is 22.5 Å². The minimum Gasteiger partial charge on any atom is -0.436 e. The molecule has 0 aliphatic carbocycles. The summed E-state index contributed by atoms with van der Waals surface area (Å²) < 4.78 is 7.20. The molecule has 4 heteroatoms. The summed E-state index contributed by atoms with van der Waals surface area (Å²) in [6, 6.07) is 24.5. The molecule has 0 bridgehead atoms. The second-order valence-electron chi connectivity index (χ2n) is 7.60. The predicted molar refractivity (Wildman–Crippen MR) is 130 cm³/mol. The predicted octanol–water partition coefficient (Wildman–Crippen LogP) is 7.92. The number of aliphatic imine (C=N–C) groups is 1. The molecule has 0 atom stereocenters. The van der Waals surface area contributed by atoms with Crippen LogP contribution < -0.4 is 0 Å². The normalized spacial score (nSPS) is 11.1. The lowest BCUT2D eigenvalue weighted by Crippen LogP contribution is -1.85. The molecule has 0 unspecified atom stereocenters. The minimum atomic E-state index is 0.311. The highest BCUT2D eigenvalue weighted by atomic mass is 79.9. The molecule has 0 aliphatic rings. The first-order valence-electron chi connectivity index (χ1n) is 9.97. The molecule has 0 amide bonds. The molecule has 152 valence electrons. The number of benzene rings is 3. The van der Waals surface area contributed by atoms with Crippen molar-refractivity contribution in [3.63, 3.8) is 0 Å². The molecule has 4 aromatic rings. The van der Waals surface area contributed by atoms with Crippen LogP contribution in [0.3, 0.4) is 0 Å². The summed E-state index contributed by atoms with van der Waals surface area (Å²) >= 11 is 3.55. The summed E-state index contributed by atoms with van der Waals surface area (Å²) in [4.78, 5) is 4.55. The van der Waals surface area contributed by atoms with Crippen LogP contribution in [0.5, 0.6) is 0 Å². The molecule has 0 radical (unpaired) electrons. The van der Waals surface area contributed by atoms with Crippen molar-refractivity contribution >= 4 is 28.0 Å². The maximum atomic E-state index is 10.0. The number of nitriles is 1. The number of nitrogens with zero attached hydrogens (tertiary/aromatic N) is 2. The Morgan fingerprint density at radius 2 is 1.48 bits per heavy atom. The highest BCUT2D eigenvalue weighted by Gasteiger charge is 2.22. The smallest absolute Gasteiger partial charge is 0.238 e. The Morgan fingerprint density at radius 1 is 0.871 bits per heavy atom. The maximum absolute atomic E-state index is 10.0. The zero-order valence-electron chi connectivity index (χ0n) is 17.6. The highest BCUT2D eigenvalue weighted by Crippen LogP contribution is 2.42. The molecule has 4 rings (SSSR count). The molecule has 0 spiro atoms. The summed E-state index contributed by atoms with van der Waals surface area (Å²) in [5, 5.41) is 10.0. The lowest BCUT2D eigenvalue weighted by Gasteiger charge is -2.05. The summed E-state index contributed by atoms with van der Waals surface area (Å²) in [6.45, 7) is 6.12. The standard InChI is InChI=1S/C27H21BrN2O/c1-17-4-10-21(11-5-17)25-23(15-29)27(30-16-20-9-8-19(3)24(28)14-20)31-26(25)22-12-6-18(2)7-13-22/h4-14,16H,1-3H3. The molecule has 31 heavy (non-hydrogen) atoms. The second-order valence-corrected chi connectivity index (χ2v) is 8.45. The van der Waals surface area contributed by atoms with E-state index in [9.17, 15) is 5.26 Å². The average molecular weight is 469 g/mol. The zero-order valence-corrected chi connectivity index (χ0v) is 19.2. The molecule has 3 nitrogen and oxygen atoms in total. The number of hydrogen-bond acceptors (Lipinski definition) is 3. The van der Waals surface area contributed by atoms with Gasteiger partial charge in [0, 0.05) is 21.8 Å². The SMILES string of the molecule is Cc1ccc(-c2oc(N=Cc3ccc(C)c(Br)c3)c(C#N)c2-c2ccc(C)cc2)cc1. The molecular formula is C27H21BrN2O. The van der Waals surface area contributed by atoms with Gasteiger partial charge in [0.05, 0.1) is 0 Å². The van der Waals surface area contributed by atoms with Gasteiger partial charge in [-0.25, -0.2) is 4.99 Å². The van der Waals surface area contributed by atoms with Crippen molar-refractivity contribution in [2.24, 2.45) is 4.99 Å². The van der Waals surface area contributed by atoms with Crippen molar-refractivity contribution in [3.8, 4) is 28.5 Å². The van der Waals surface area contributed by atoms with Gasteiger partial charge in [0.1, 0.15) is 17.4 Å². The molecule has 0 saturated heterocycles. The molecule has 1 aromatic heterocycles. The van der Waals surface area contributed by atoms with Crippen molar-refractivity contribution < 1.29 is 4.42 Å². The Bertz CT molecular complexity index is 1310. The van der Waals surface area contributed by atoms with Gasteiger partial charge in [-0.15, -0.1) is 0 Å². The van der Waals surface area contributed by atoms with Gasteiger partial charge in [-0.05, 0) is 43.5 Å². The van der Waals surface area contributed by atoms with Crippen molar-refractivity contribution in [3.05, 3.63) is 99.0 Å². The van der Waals surface area contributed by atoms with Gasteiger partial charge in [-0.2, -0.15) is 5.26 Å². The summed E-state index contributed by atoms with van der Waals surface area (Å²) in [7, 11) is 0. The monoisotopic (exact) mass is 468 g/mol. The van der Waals surface area contributed by atoms with Gasteiger partial charge in [-0.3, -0.25) is 0 Å². The van der Waals surface area contributed by atoms with Crippen LogP contribution in [0.15, 0.2) is 80.6 Å². The van der Waals surface area contributed by atoms with Gasteiger partial charge in [-0.1, -0.05) is 87.7 Å². The zero-order chi connectivity index (χ0) is 22.0. The van der Waals surface area contributed by atoms with E-state index in [2.05, 4.69) is 27.0 Å². The van der Waals surface area contributed by atoms with Crippen molar-refractivity contribution in [1.29, 1.82) is 5.26 Å². The topological polar surface area (TPSA) is 49.3 Å². The fourth-order valence-electron chi connectivity index (χ4n) is 3.34. The maximum Gasteiger partial charge on any atom is 0.238 e. The van der Waals surface area contributed by atoms with Crippen LogP contribution in [0.2, 0.25) is 0 Å². The Hall–Kier alpha value is -3.42. The quantitative estimate of drug-likeness (QED) is 0.285. The number of hydrogen-bond donors (Lipinski definition) is 0. The van der Waals surface area contributed by atoms with Crippen molar-refractivity contribution in [2.45, 2.75) is 20.8 Å². The fourth-order valence-corrected chi connectivity index (χ4v) is 3.74. The van der Waals surface area contributed by atoms with Crippen LogP contribution in [-0.2, 0) is 0 Å². The summed E-state index contributed by atoms with van der Waals surface area (Å²) in [6.07, 6.45) is 1.72. The summed E-state index contributed by atoms with van der Waals surface area (Å²) in [5.41, 5.74) is 7.44. The van der Waals surface area contributed by atoms with Crippen LogP contribution in [0.1, 0.15) is 27.8 Å². The Labute approximate surface area is 190 Å². The first-order valence-corrected chi connectivity index (χ1v) is 10.8. The van der Waals surface area contributed by atoms with E-state index in [1.54, 1.807) is 6.21 Å². The molecule has 0 saturated carbocycles. The third-order valence-electron chi connectivity index (χ3n) is 5.18. The minimum absolute atomic E-state index is 0.311. The van der Waals surface area contributed by atoms with Gasteiger partial charge in [0.25, 0.3) is 0 Å². The lowest BCUT2D eigenvalue weighted by atomic mass is 9.97. The number of halogens is 1. The average Bonchev–Trinajstić information content (AvgIpc) is 3.14. The molecule has 1 heterocycles. The number of aryl methyl sites for hydroxylation is 3. The second kappa shape index (κ2) is 8.75. The Morgan fingerprint density at radius 3 is 2.06 bits per heavy atom. The molecule has 0 N–H and O–H groups in total. The first-order chi connectivity index (χ1) is 15.0.